The number of benzene rings is 1. The van der Waals surface area contributed by atoms with Gasteiger partial charge >= 0.3 is 0 Å². The smallest absolute Gasteiger partial charge is 0.277 e. The number of hydrogen-bond acceptors (Lipinski definition) is 4. The highest BCUT2D eigenvalue weighted by Gasteiger charge is 2.35. The molecule has 1 aromatic carbocycles. The zero-order chi connectivity index (χ0) is 21.4. The Morgan fingerprint density at radius 2 is 1.87 bits per heavy atom. The van der Waals surface area contributed by atoms with Gasteiger partial charge in [-0.3, -0.25) is 19.1 Å². The second-order valence-corrected chi connectivity index (χ2v) is 7.94. The number of fused-ring (bicyclic) bond motifs is 3. The monoisotopic (exact) mass is 443 g/mol. The van der Waals surface area contributed by atoms with Crippen LogP contribution in [0.15, 0.2) is 40.8 Å². The zero-order valence-electron chi connectivity index (χ0n) is 16.9. The Hall–Kier alpha value is -2.64. The predicted molar refractivity (Wildman–Crippen MR) is 121 cm³/mol. The minimum atomic E-state index is -0.158. The second-order valence-electron chi connectivity index (χ2n) is 7.14. The van der Waals surface area contributed by atoms with Crippen LogP contribution in [0.3, 0.4) is 0 Å². The van der Waals surface area contributed by atoms with E-state index in [1.165, 1.54) is 0 Å². The molecule has 0 atom stereocenters. The van der Waals surface area contributed by atoms with E-state index in [1.807, 2.05) is 32.0 Å². The molecule has 0 unspecified atom stereocenters. The Kier molecular flexibility index (Phi) is 5.66. The van der Waals surface area contributed by atoms with Crippen molar-refractivity contribution in [1.29, 1.82) is 0 Å². The van der Waals surface area contributed by atoms with Gasteiger partial charge in [-0.25, -0.2) is 0 Å². The normalized spacial score (nSPS) is 13.4. The third-order valence-corrected chi connectivity index (χ3v) is 6.05. The van der Waals surface area contributed by atoms with Gasteiger partial charge in [0.2, 0.25) is 5.91 Å². The quantitative estimate of drug-likeness (QED) is 0.492. The number of carbonyl (C=O) groups excluding carboxylic acids is 2. The highest BCUT2D eigenvalue weighted by atomic mass is 35.5. The summed E-state index contributed by atoms with van der Waals surface area (Å²) >= 11 is 11.5. The van der Waals surface area contributed by atoms with Crippen LogP contribution in [0.2, 0.25) is 5.02 Å². The van der Waals surface area contributed by atoms with Crippen LogP contribution in [0, 0.1) is 0 Å². The fourth-order valence-electron chi connectivity index (χ4n) is 3.78. The number of carbonyl (C=O) groups is 2. The maximum atomic E-state index is 12.9. The van der Waals surface area contributed by atoms with Crippen molar-refractivity contribution in [1.82, 2.24) is 14.4 Å². The lowest BCUT2D eigenvalue weighted by atomic mass is 10.2. The topological polar surface area (TPSA) is 58.7 Å². The fraction of sp³-hybridized carbons (Fsp3) is 0.318. The third kappa shape index (κ3) is 3.52. The number of amides is 2. The van der Waals surface area contributed by atoms with Gasteiger partial charge in [-0.05, 0) is 56.8 Å². The van der Waals surface area contributed by atoms with Crippen LogP contribution in [0.4, 0.5) is 0 Å². The fourth-order valence-corrected chi connectivity index (χ4v) is 4.27. The summed E-state index contributed by atoms with van der Waals surface area (Å²) in [6.45, 7) is 5.72. The molecular formula is C22H22ClN3O3S. The molecule has 3 heterocycles. The van der Waals surface area contributed by atoms with Crippen molar-refractivity contribution in [3.8, 4) is 11.3 Å². The van der Waals surface area contributed by atoms with Crippen LogP contribution in [0.5, 0.6) is 0 Å². The van der Waals surface area contributed by atoms with Gasteiger partial charge in [0.05, 0.1) is 5.52 Å². The molecule has 156 valence electrons. The number of nitrogens with zero attached hydrogens (tertiary/aromatic N) is 3. The molecule has 2 aromatic heterocycles. The third-order valence-electron chi connectivity index (χ3n) is 5.39. The van der Waals surface area contributed by atoms with Gasteiger partial charge in [0, 0.05) is 48.8 Å². The average molecular weight is 444 g/mol. The highest BCUT2D eigenvalue weighted by Crippen LogP contribution is 2.34. The Bertz CT molecular complexity index is 1130. The Balaban J connectivity index is 1.51. The largest absolute Gasteiger partial charge is 0.454 e. The van der Waals surface area contributed by atoms with E-state index in [0.29, 0.717) is 59.6 Å². The lowest BCUT2D eigenvalue weighted by molar-refractivity contribution is -0.130. The highest BCUT2D eigenvalue weighted by molar-refractivity contribution is 7.80. The summed E-state index contributed by atoms with van der Waals surface area (Å²) in [5.74, 6) is 0.627. The predicted octanol–water partition coefficient (Wildman–Crippen LogP) is 4.79. The van der Waals surface area contributed by atoms with Crippen LogP contribution >= 0.6 is 23.8 Å². The summed E-state index contributed by atoms with van der Waals surface area (Å²) in [4.78, 5) is 28.4. The van der Waals surface area contributed by atoms with Crippen molar-refractivity contribution in [2.24, 2.45) is 0 Å². The molecule has 0 spiro atoms. The molecule has 0 N–H and O–H groups in total. The first-order valence-corrected chi connectivity index (χ1v) is 10.8. The van der Waals surface area contributed by atoms with Gasteiger partial charge in [-0.2, -0.15) is 0 Å². The molecule has 0 radical (unpaired) electrons. The van der Waals surface area contributed by atoms with Gasteiger partial charge in [-0.15, -0.1) is 0 Å². The lowest BCUT2D eigenvalue weighted by Gasteiger charge is -2.20. The number of hydrogen-bond donors (Lipinski definition) is 0. The van der Waals surface area contributed by atoms with E-state index in [-0.39, 0.29) is 11.8 Å². The molecular weight excluding hydrogens is 422 g/mol. The number of furan rings is 1. The van der Waals surface area contributed by atoms with E-state index in [4.69, 9.17) is 28.2 Å². The van der Waals surface area contributed by atoms with Crippen LogP contribution in [-0.2, 0) is 4.79 Å². The van der Waals surface area contributed by atoms with E-state index in [0.717, 1.165) is 11.1 Å². The minimum Gasteiger partial charge on any atom is -0.454 e. The van der Waals surface area contributed by atoms with Crippen LogP contribution < -0.4 is 0 Å². The maximum Gasteiger partial charge on any atom is 0.277 e. The minimum absolute atomic E-state index is 0.0991. The second kappa shape index (κ2) is 8.24. The number of halogens is 1. The SMILES string of the molecule is CCN(CC)C(=O)CCCN1C(=O)c2cc3oc(-c4ccc(Cl)cc4)cc3n2C1=S. The van der Waals surface area contributed by atoms with Gasteiger partial charge in [0.1, 0.15) is 11.5 Å². The van der Waals surface area contributed by atoms with E-state index < -0.39 is 0 Å². The molecule has 3 aromatic rings. The first-order valence-electron chi connectivity index (χ1n) is 9.99. The molecule has 6 nitrogen and oxygen atoms in total. The zero-order valence-corrected chi connectivity index (χ0v) is 18.4. The molecule has 4 rings (SSSR count). The van der Waals surface area contributed by atoms with E-state index >= 15 is 0 Å². The Morgan fingerprint density at radius 3 is 2.53 bits per heavy atom. The number of rotatable bonds is 7. The Labute approximate surface area is 185 Å². The van der Waals surface area contributed by atoms with Gasteiger partial charge in [0.25, 0.3) is 5.91 Å². The summed E-state index contributed by atoms with van der Waals surface area (Å²) in [7, 11) is 0. The molecule has 2 amide bonds. The standard InChI is InChI=1S/C22H22ClN3O3S/c1-3-24(4-2)20(27)6-5-11-25-21(28)17-13-19-16(26(17)22(25)30)12-18(29-19)14-7-9-15(23)10-8-14/h7-10,12-13H,3-6,11H2,1-2H3. The first-order chi connectivity index (χ1) is 14.4. The summed E-state index contributed by atoms with van der Waals surface area (Å²) in [5.41, 5.74) is 2.76. The number of aromatic nitrogens is 1. The summed E-state index contributed by atoms with van der Waals surface area (Å²) < 4.78 is 7.69. The molecule has 0 aliphatic carbocycles. The molecule has 30 heavy (non-hydrogen) atoms. The molecule has 0 bridgehead atoms. The molecule has 0 saturated carbocycles. The van der Waals surface area contributed by atoms with Gasteiger partial charge in [0.15, 0.2) is 10.7 Å². The molecule has 0 saturated heterocycles. The van der Waals surface area contributed by atoms with Crippen LogP contribution in [-0.4, -0.2) is 50.9 Å². The van der Waals surface area contributed by atoms with Gasteiger partial charge in [-0.1, -0.05) is 11.6 Å². The summed E-state index contributed by atoms with van der Waals surface area (Å²) in [5, 5.41) is 1.07. The van der Waals surface area contributed by atoms with E-state index in [2.05, 4.69) is 0 Å². The van der Waals surface area contributed by atoms with Crippen molar-refractivity contribution < 1.29 is 14.0 Å². The molecule has 0 fully saturated rings. The summed E-state index contributed by atoms with van der Waals surface area (Å²) in [6, 6.07) is 11.0. The van der Waals surface area contributed by atoms with Crippen molar-refractivity contribution in [2.75, 3.05) is 19.6 Å². The van der Waals surface area contributed by atoms with E-state index in [1.54, 1.807) is 32.6 Å². The lowest BCUT2D eigenvalue weighted by Crippen LogP contribution is -2.34. The molecule has 8 heteroatoms. The number of thiocarbonyl (C=S) groups is 1. The Morgan fingerprint density at radius 1 is 1.17 bits per heavy atom. The van der Waals surface area contributed by atoms with Crippen LogP contribution in [0.1, 0.15) is 37.2 Å². The summed E-state index contributed by atoms with van der Waals surface area (Å²) in [6.07, 6.45) is 0.960. The molecule has 1 aliphatic rings. The maximum absolute atomic E-state index is 12.9. The van der Waals surface area contributed by atoms with Gasteiger partial charge < -0.3 is 9.32 Å². The first kappa shape index (κ1) is 20.6. The van der Waals surface area contributed by atoms with Crippen LogP contribution in [0.25, 0.3) is 22.4 Å². The van der Waals surface area contributed by atoms with Crippen molar-refractivity contribution >= 4 is 51.8 Å². The van der Waals surface area contributed by atoms with Crippen molar-refractivity contribution in [3.63, 3.8) is 0 Å². The average Bonchev–Trinajstić information content (AvgIpc) is 3.35. The van der Waals surface area contributed by atoms with E-state index in [9.17, 15) is 9.59 Å². The molecule has 1 aliphatic heterocycles. The van der Waals surface area contributed by atoms with Crippen molar-refractivity contribution in [3.05, 3.63) is 47.1 Å². The van der Waals surface area contributed by atoms with Crippen molar-refractivity contribution in [2.45, 2.75) is 26.7 Å².